The number of halogens is 1. The van der Waals surface area contributed by atoms with Crippen LogP contribution in [0.3, 0.4) is 0 Å². The molecule has 0 saturated carbocycles. The van der Waals surface area contributed by atoms with Crippen LogP contribution in [0.15, 0.2) is 39.9 Å². The van der Waals surface area contributed by atoms with Gasteiger partial charge in [0.05, 0.1) is 27.9 Å². The number of nitrogens with zero attached hydrogens (tertiary/aromatic N) is 7. The monoisotopic (exact) mass is 505 g/mol. The Hall–Kier alpha value is -4.31. The van der Waals surface area contributed by atoms with E-state index in [4.69, 9.17) is 10.7 Å². The Kier molecular flexibility index (Phi) is 4.98. The summed E-state index contributed by atoms with van der Waals surface area (Å²) in [4.78, 5) is 26.8. The van der Waals surface area contributed by atoms with Crippen LogP contribution >= 0.6 is 15.9 Å². The number of rotatable bonds is 5. The van der Waals surface area contributed by atoms with Gasteiger partial charge >= 0.3 is 0 Å². The Labute approximate surface area is 194 Å². The summed E-state index contributed by atoms with van der Waals surface area (Å²) in [6.07, 6.45) is 2.14. The number of hydrogen-bond acceptors (Lipinski definition) is 9. The molecule has 164 valence electrons. The molecule has 0 aliphatic carbocycles. The van der Waals surface area contributed by atoms with Crippen LogP contribution < -0.4 is 16.6 Å². The Bertz CT molecular complexity index is 1600. The summed E-state index contributed by atoms with van der Waals surface area (Å²) in [5, 5.41) is 27.7. The van der Waals surface area contributed by atoms with Crippen molar-refractivity contribution in [2.24, 2.45) is 0 Å². The lowest BCUT2D eigenvalue weighted by molar-refractivity contribution is 0.653. The minimum Gasteiger partial charge on any atom is -0.368 e. The molecular weight excluding hydrogens is 490 g/mol. The van der Waals surface area contributed by atoms with Crippen LogP contribution in [-0.2, 0) is 0 Å². The maximum Gasteiger partial charge on any atom is 0.267 e. The van der Waals surface area contributed by atoms with Crippen LogP contribution in [0, 0.1) is 11.3 Å². The second-order valence-corrected chi connectivity index (χ2v) is 7.88. The van der Waals surface area contributed by atoms with Gasteiger partial charge in [0.1, 0.15) is 22.3 Å². The molecule has 13 heteroatoms. The number of nitrogen functional groups attached to an aromatic ring is 1. The molecule has 1 unspecified atom stereocenters. The number of H-pyrrole nitrogens is 2. The standard InChI is InChI=1S/C20H16BrN11O/c1-2-11(25-16-13-15(21)30-31-17(13)28-20(23)27-16)18-26-14-9(8-22)4-3-5-10(14)19(33)32(18)12-6-7-24-29-12/h3-7,11H,2H2,1H3,(H,24,29)(H4,23,25,27,28,30,31). The first-order chi connectivity index (χ1) is 16.0. The number of benzene rings is 1. The van der Waals surface area contributed by atoms with Crippen molar-refractivity contribution in [2.45, 2.75) is 19.4 Å². The van der Waals surface area contributed by atoms with Crippen molar-refractivity contribution in [3.05, 3.63) is 56.8 Å². The molecule has 0 radical (unpaired) electrons. The minimum atomic E-state index is -0.496. The molecule has 5 N–H and O–H groups in total. The molecule has 4 heterocycles. The second-order valence-electron chi connectivity index (χ2n) is 7.13. The third-order valence-corrected chi connectivity index (χ3v) is 5.76. The van der Waals surface area contributed by atoms with Gasteiger partial charge in [-0.05, 0) is 34.5 Å². The maximum absolute atomic E-state index is 13.5. The molecular formula is C20H16BrN11O. The number of aromatic nitrogens is 8. The van der Waals surface area contributed by atoms with Crippen molar-refractivity contribution in [1.82, 2.24) is 39.9 Å². The molecule has 0 bridgehead atoms. The predicted octanol–water partition coefficient (Wildman–Crippen LogP) is 2.55. The summed E-state index contributed by atoms with van der Waals surface area (Å²) < 4.78 is 1.94. The zero-order valence-corrected chi connectivity index (χ0v) is 18.8. The van der Waals surface area contributed by atoms with Crippen molar-refractivity contribution < 1.29 is 0 Å². The largest absolute Gasteiger partial charge is 0.368 e. The maximum atomic E-state index is 13.5. The highest BCUT2D eigenvalue weighted by atomic mass is 79.9. The van der Waals surface area contributed by atoms with E-state index in [-0.39, 0.29) is 11.5 Å². The van der Waals surface area contributed by atoms with Crippen molar-refractivity contribution in [1.29, 1.82) is 5.26 Å². The number of hydrogen-bond donors (Lipinski definition) is 4. The van der Waals surface area contributed by atoms with Gasteiger partial charge in [0.15, 0.2) is 11.5 Å². The topological polar surface area (TPSA) is 180 Å². The van der Waals surface area contributed by atoms with E-state index in [0.29, 0.717) is 56.0 Å². The molecule has 0 spiro atoms. The van der Waals surface area contributed by atoms with Gasteiger partial charge < -0.3 is 11.1 Å². The average Bonchev–Trinajstić information content (AvgIpc) is 3.47. The Morgan fingerprint density at radius 1 is 1.27 bits per heavy atom. The fraction of sp³-hybridized carbons (Fsp3) is 0.150. The van der Waals surface area contributed by atoms with E-state index in [1.165, 1.54) is 4.57 Å². The van der Waals surface area contributed by atoms with Crippen molar-refractivity contribution in [3.8, 4) is 11.9 Å². The van der Waals surface area contributed by atoms with Crippen LogP contribution in [0.25, 0.3) is 27.8 Å². The van der Waals surface area contributed by atoms with E-state index < -0.39 is 6.04 Å². The Morgan fingerprint density at radius 3 is 2.85 bits per heavy atom. The van der Waals surface area contributed by atoms with Crippen molar-refractivity contribution in [3.63, 3.8) is 0 Å². The van der Waals surface area contributed by atoms with E-state index >= 15 is 0 Å². The molecule has 33 heavy (non-hydrogen) atoms. The third-order valence-electron chi connectivity index (χ3n) is 5.18. The molecule has 0 aliphatic heterocycles. The SMILES string of the molecule is CCC(Nc1nc(N)nc2[nH]nc(Br)c12)c1nc2c(C#N)cccc2c(=O)n1-c1cc[nH]n1. The highest BCUT2D eigenvalue weighted by molar-refractivity contribution is 9.10. The number of para-hydroxylation sites is 1. The normalized spacial score (nSPS) is 12.2. The smallest absolute Gasteiger partial charge is 0.267 e. The lowest BCUT2D eigenvalue weighted by atomic mass is 10.1. The second kappa shape index (κ2) is 7.99. The number of anilines is 2. The summed E-state index contributed by atoms with van der Waals surface area (Å²) in [5.41, 5.74) is 6.63. The van der Waals surface area contributed by atoms with Gasteiger partial charge in [0.25, 0.3) is 5.56 Å². The molecule has 1 atom stereocenters. The average molecular weight is 506 g/mol. The van der Waals surface area contributed by atoms with Crippen LogP contribution in [0.1, 0.15) is 30.8 Å². The summed E-state index contributed by atoms with van der Waals surface area (Å²) in [6.45, 7) is 1.94. The van der Waals surface area contributed by atoms with E-state index in [2.05, 4.69) is 57.7 Å². The zero-order chi connectivity index (χ0) is 23.1. The van der Waals surface area contributed by atoms with Gasteiger partial charge in [-0.15, -0.1) is 0 Å². The molecule has 0 aliphatic rings. The van der Waals surface area contributed by atoms with E-state index in [1.807, 2.05) is 6.92 Å². The van der Waals surface area contributed by atoms with Crippen LogP contribution in [-0.4, -0.2) is 39.9 Å². The third kappa shape index (κ3) is 3.37. The lowest BCUT2D eigenvalue weighted by Gasteiger charge is -2.21. The quantitative estimate of drug-likeness (QED) is 0.279. The van der Waals surface area contributed by atoms with Gasteiger partial charge in [-0.2, -0.15) is 25.4 Å². The van der Waals surface area contributed by atoms with E-state index in [0.717, 1.165) is 0 Å². The fourth-order valence-electron chi connectivity index (χ4n) is 3.68. The molecule has 4 aromatic heterocycles. The van der Waals surface area contributed by atoms with Gasteiger partial charge in [0.2, 0.25) is 5.95 Å². The number of nitrogens with two attached hydrogens (primary N) is 1. The van der Waals surface area contributed by atoms with E-state index in [9.17, 15) is 10.1 Å². The molecule has 1 aromatic carbocycles. The number of nitrogens with one attached hydrogen (secondary N) is 3. The molecule has 0 amide bonds. The first kappa shape index (κ1) is 20.6. The Morgan fingerprint density at radius 2 is 2.12 bits per heavy atom. The summed E-state index contributed by atoms with van der Waals surface area (Å²) in [6, 6.07) is 8.22. The van der Waals surface area contributed by atoms with Crippen molar-refractivity contribution >= 4 is 49.6 Å². The van der Waals surface area contributed by atoms with Gasteiger partial charge in [0, 0.05) is 12.3 Å². The number of fused-ring (bicyclic) bond motifs is 2. The van der Waals surface area contributed by atoms with Gasteiger partial charge in [-0.1, -0.05) is 13.0 Å². The minimum absolute atomic E-state index is 0.0546. The zero-order valence-electron chi connectivity index (χ0n) is 17.2. The van der Waals surface area contributed by atoms with Crippen LogP contribution in [0.4, 0.5) is 11.8 Å². The fourth-order valence-corrected chi connectivity index (χ4v) is 4.14. The molecule has 0 saturated heterocycles. The number of nitriles is 1. The summed E-state index contributed by atoms with van der Waals surface area (Å²) in [7, 11) is 0. The van der Waals surface area contributed by atoms with Gasteiger partial charge in [-0.3, -0.25) is 15.0 Å². The first-order valence-electron chi connectivity index (χ1n) is 9.91. The predicted molar refractivity (Wildman–Crippen MR) is 125 cm³/mol. The van der Waals surface area contributed by atoms with Crippen LogP contribution in [0.5, 0.6) is 0 Å². The molecule has 12 nitrogen and oxygen atoms in total. The lowest BCUT2D eigenvalue weighted by Crippen LogP contribution is -2.29. The summed E-state index contributed by atoms with van der Waals surface area (Å²) in [5.74, 6) is 1.22. The van der Waals surface area contributed by atoms with Crippen LogP contribution in [0.2, 0.25) is 0 Å². The summed E-state index contributed by atoms with van der Waals surface area (Å²) >= 11 is 3.40. The van der Waals surface area contributed by atoms with Crippen molar-refractivity contribution in [2.75, 3.05) is 11.1 Å². The first-order valence-corrected chi connectivity index (χ1v) is 10.7. The highest BCUT2D eigenvalue weighted by Crippen LogP contribution is 2.31. The molecule has 5 rings (SSSR count). The molecule has 5 aromatic rings. The number of aromatic amines is 2. The van der Waals surface area contributed by atoms with Gasteiger partial charge in [-0.25, -0.2) is 9.55 Å². The highest BCUT2D eigenvalue weighted by Gasteiger charge is 2.24. The van der Waals surface area contributed by atoms with E-state index in [1.54, 1.807) is 30.5 Å². The molecule has 0 fully saturated rings. The Balaban J connectivity index is 1.76.